The van der Waals surface area contributed by atoms with E-state index in [0.29, 0.717) is 0 Å². The Morgan fingerprint density at radius 1 is 1.42 bits per heavy atom. The Labute approximate surface area is 71.4 Å². The van der Waals surface area contributed by atoms with Gasteiger partial charge in [0.2, 0.25) is 5.82 Å². The first-order valence-corrected chi connectivity index (χ1v) is 3.27. The number of phenols is 1. The van der Waals surface area contributed by atoms with E-state index in [2.05, 4.69) is 0 Å². The van der Waals surface area contributed by atoms with Crippen LogP contribution in [0.15, 0.2) is 6.07 Å². The summed E-state index contributed by atoms with van der Waals surface area (Å²) in [4.78, 5) is 10.1. The highest BCUT2D eigenvalue weighted by Crippen LogP contribution is 2.27. The molecule has 12 heavy (non-hydrogen) atoms. The molecule has 0 fully saturated rings. The van der Waals surface area contributed by atoms with Gasteiger partial charge in [-0.2, -0.15) is 4.39 Å². The Balaban J connectivity index is 3.49. The van der Waals surface area contributed by atoms with Crippen LogP contribution in [0.4, 0.5) is 8.78 Å². The van der Waals surface area contributed by atoms with Crippen molar-refractivity contribution in [3.8, 4) is 5.75 Å². The van der Waals surface area contributed by atoms with Gasteiger partial charge in [-0.05, 0) is 6.07 Å². The molecular formula is C7H3ClF2O2. The minimum Gasteiger partial charge on any atom is -0.504 e. The Morgan fingerprint density at radius 3 is 2.50 bits per heavy atom. The van der Waals surface area contributed by atoms with Crippen molar-refractivity contribution < 1.29 is 18.7 Å². The summed E-state index contributed by atoms with van der Waals surface area (Å²) in [6.07, 6.45) is 0.184. The van der Waals surface area contributed by atoms with Gasteiger partial charge in [0.05, 0.1) is 10.6 Å². The Kier molecular flexibility index (Phi) is 2.28. The fourth-order valence-electron chi connectivity index (χ4n) is 0.694. The van der Waals surface area contributed by atoms with Crippen LogP contribution >= 0.6 is 11.6 Å². The van der Waals surface area contributed by atoms with E-state index in [1.54, 1.807) is 0 Å². The smallest absolute Gasteiger partial charge is 0.202 e. The second kappa shape index (κ2) is 3.06. The van der Waals surface area contributed by atoms with Crippen LogP contribution in [-0.4, -0.2) is 11.4 Å². The highest BCUT2D eigenvalue weighted by Gasteiger charge is 2.15. The predicted molar refractivity (Wildman–Crippen MR) is 38.4 cm³/mol. The molecule has 1 N–H and O–H groups in total. The molecule has 1 aromatic rings. The molecule has 1 rings (SSSR count). The van der Waals surface area contributed by atoms with E-state index >= 15 is 0 Å². The number of halogens is 3. The summed E-state index contributed by atoms with van der Waals surface area (Å²) in [6.45, 7) is 0. The van der Waals surface area contributed by atoms with E-state index in [4.69, 9.17) is 16.7 Å². The highest BCUT2D eigenvalue weighted by molar-refractivity contribution is 6.31. The number of benzene rings is 1. The zero-order valence-corrected chi connectivity index (χ0v) is 6.40. The summed E-state index contributed by atoms with van der Waals surface area (Å²) in [5.74, 6) is -3.89. The molecule has 0 aliphatic rings. The van der Waals surface area contributed by atoms with Crippen LogP contribution in [0.2, 0.25) is 5.02 Å². The van der Waals surface area contributed by atoms with Gasteiger partial charge in [-0.1, -0.05) is 11.6 Å². The van der Waals surface area contributed by atoms with E-state index in [9.17, 15) is 13.6 Å². The molecule has 64 valence electrons. The van der Waals surface area contributed by atoms with Crippen molar-refractivity contribution in [3.63, 3.8) is 0 Å². The van der Waals surface area contributed by atoms with Crippen molar-refractivity contribution in [2.75, 3.05) is 0 Å². The first-order chi connectivity index (χ1) is 5.57. The van der Waals surface area contributed by atoms with E-state index in [0.717, 1.165) is 6.07 Å². The molecule has 0 unspecified atom stereocenters. The van der Waals surface area contributed by atoms with Gasteiger partial charge in [0.15, 0.2) is 17.9 Å². The maximum atomic E-state index is 12.6. The quantitative estimate of drug-likeness (QED) is 0.547. The third-order valence-corrected chi connectivity index (χ3v) is 1.57. The lowest BCUT2D eigenvalue weighted by Gasteiger charge is -2.01. The van der Waals surface area contributed by atoms with Gasteiger partial charge in [-0.25, -0.2) is 4.39 Å². The molecule has 0 atom stereocenters. The Hall–Kier alpha value is -1.16. The maximum absolute atomic E-state index is 12.6. The average molecular weight is 193 g/mol. The fourth-order valence-corrected chi connectivity index (χ4v) is 0.894. The lowest BCUT2D eigenvalue weighted by Crippen LogP contribution is -1.91. The molecule has 0 aliphatic carbocycles. The summed E-state index contributed by atoms with van der Waals surface area (Å²) >= 11 is 5.18. The predicted octanol–water partition coefficient (Wildman–Crippen LogP) is 2.14. The number of phenolic OH excluding ortho intramolecular Hbond substituents is 1. The monoisotopic (exact) mass is 192 g/mol. The third-order valence-electron chi connectivity index (χ3n) is 1.29. The van der Waals surface area contributed by atoms with E-state index in [1.165, 1.54) is 0 Å². The average Bonchev–Trinajstić information content (AvgIpc) is 2.08. The number of aromatic hydroxyl groups is 1. The van der Waals surface area contributed by atoms with Gasteiger partial charge in [-0.15, -0.1) is 0 Å². The standard InChI is InChI=1S/C7H3ClF2O2/c8-4-1-3(2-11)7(12)6(10)5(4)9/h1-2,12H. The summed E-state index contributed by atoms with van der Waals surface area (Å²) in [6, 6.07) is 0.850. The largest absolute Gasteiger partial charge is 0.504 e. The Bertz CT molecular complexity index is 339. The van der Waals surface area contributed by atoms with Crippen LogP contribution in [0, 0.1) is 11.6 Å². The lowest BCUT2D eigenvalue weighted by molar-refractivity contribution is 0.112. The van der Waals surface area contributed by atoms with Gasteiger partial charge in [0, 0.05) is 0 Å². The minimum absolute atomic E-state index is 0.184. The van der Waals surface area contributed by atoms with Crippen LogP contribution in [0.25, 0.3) is 0 Å². The summed E-state index contributed by atoms with van der Waals surface area (Å²) in [5.41, 5.74) is -0.376. The molecule has 1 aromatic carbocycles. The van der Waals surface area contributed by atoms with Gasteiger partial charge < -0.3 is 5.11 Å². The molecule has 0 radical (unpaired) electrons. The summed E-state index contributed by atoms with van der Waals surface area (Å²) in [5, 5.41) is 8.26. The molecule has 2 nitrogen and oxygen atoms in total. The number of carbonyl (C=O) groups is 1. The van der Waals surface area contributed by atoms with Gasteiger partial charge in [0.1, 0.15) is 0 Å². The topological polar surface area (TPSA) is 37.3 Å². The van der Waals surface area contributed by atoms with Gasteiger partial charge >= 0.3 is 0 Å². The molecule has 0 saturated heterocycles. The van der Waals surface area contributed by atoms with E-state index in [1.807, 2.05) is 0 Å². The van der Waals surface area contributed by atoms with E-state index in [-0.39, 0.29) is 11.8 Å². The van der Waals surface area contributed by atoms with Crippen LogP contribution in [0.5, 0.6) is 5.75 Å². The van der Waals surface area contributed by atoms with Crippen molar-refractivity contribution in [3.05, 3.63) is 28.3 Å². The SMILES string of the molecule is O=Cc1cc(Cl)c(F)c(F)c1O. The molecule has 0 aromatic heterocycles. The fraction of sp³-hybridized carbons (Fsp3) is 0. The number of aldehydes is 1. The van der Waals surface area contributed by atoms with E-state index < -0.39 is 22.4 Å². The van der Waals surface area contributed by atoms with Crippen molar-refractivity contribution in [2.45, 2.75) is 0 Å². The second-order valence-electron chi connectivity index (χ2n) is 2.04. The van der Waals surface area contributed by atoms with Gasteiger partial charge in [0.25, 0.3) is 0 Å². The summed E-state index contributed by atoms with van der Waals surface area (Å²) in [7, 11) is 0. The van der Waals surface area contributed by atoms with Crippen LogP contribution in [0.1, 0.15) is 10.4 Å². The van der Waals surface area contributed by atoms with Crippen molar-refractivity contribution in [1.29, 1.82) is 0 Å². The van der Waals surface area contributed by atoms with Crippen LogP contribution in [0.3, 0.4) is 0 Å². The lowest BCUT2D eigenvalue weighted by atomic mass is 10.2. The number of hydrogen-bond acceptors (Lipinski definition) is 2. The minimum atomic E-state index is -1.51. The molecule has 0 spiro atoms. The molecule has 0 saturated carbocycles. The van der Waals surface area contributed by atoms with Crippen molar-refractivity contribution >= 4 is 17.9 Å². The zero-order valence-electron chi connectivity index (χ0n) is 5.64. The highest BCUT2D eigenvalue weighted by atomic mass is 35.5. The van der Waals surface area contributed by atoms with Crippen molar-refractivity contribution in [1.82, 2.24) is 0 Å². The van der Waals surface area contributed by atoms with Crippen LogP contribution in [-0.2, 0) is 0 Å². The number of rotatable bonds is 1. The first kappa shape index (κ1) is 8.93. The molecule has 0 heterocycles. The third kappa shape index (κ3) is 1.25. The van der Waals surface area contributed by atoms with Crippen LogP contribution < -0.4 is 0 Å². The zero-order chi connectivity index (χ0) is 9.30. The number of hydrogen-bond donors (Lipinski definition) is 1. The molecule has 5 heteroatoms. The Morgan fingerprint density at radius 2 is 2.00 bits per heavy atom. The molecule has 0 bridgehead atoms. The molecule has 0 amide bonds. The molecular weight excluding hydrogens is 190 g/mol. The first-order valence-electron chi connectivity index (χ1n) is 2.89. The second-order valence-corrected chi connectivity index (χ2v) is 2.45. The van der Waals surface area contributed by atoms with Gasteiger partial charge in [-0.3, -0.25) is 4.79 Å². The summed E-state index contributed by atoms with van der Waals surface area (Å²) < 4.78 is 25.1. The normalized spacial score (nSPS) is 9.92. The molecule has 0 aliphatic heterocycles. The van der Waals surface area contributed by atoms with Crippen molar-refractivity contribution in [2.24, 2.45) is 0 Å². The maximum Gasteiger partial charge on any atom is 0.202 e. The number of carbonyl (C=O) groups excluding carboxylic acids is 1.